The first-order valence-electron chi connectivity index (χ1n) is 5.37. The minimum absolute atomic E-state index is 0.0331. The van der Waals surface area contributed by atoms with Gasteiger partial charge in [0.2, 0.25) is 5.89 Å². The molecule has 0 saturated heterocycles. The highest BCUT2D eigenvalue weighted by Gasteiger charge is 2.33. The first kappa shape index (κ1) is 13.2. The average Bonchev–Trinajstić information content (AvgIpc) is 2.78. The Hall–Kier alpha value is -2.19. The monoisotopic (exact) mass is 274 g/mol. The van der Waals surface area contributed by atoms with Gasteiger partial charge in [-0.15, -0.1) is 0 Å². The minimum Gasteiger partial charge on any atom is -0.337 e. The fraction of sp³-hybridized carbons (Fsp3) is 0.400. The van der Waals surface area contributed by atoms with Crippen LogP contribution in [0.3, 0.4) is 0 Å². The van der Waals surface area contributed by atoms with Crippen molar-refractivity contribution in [1.29, 1.82) is 0 Å². The van der Waals surface area contributed by atoms with Crippen molar-refractivity contribution in [2.24, 2.45) is 0 Å². The summed E-state index contributed by atoms with van der Waals surface area (Å²) < 4.78 is 42.8. The SMILES string of the molecule is CCc1noc(Cn2nc(C(F)(F)F)ccc2=O)n1. The Morgan fingerprint density at radius 1 is 1.37 bits per heavy atom. The molecule has 0 N–H and O–H groups in total. The van der Waals surface area contributed by atoms with Crippen molar-refractivity contribution in [2.75, 3.05) is 0 Å². The van der Waals surface area contributed by atoms with Gasteiger partial charge in [-0.05, 0) is 6.07 Å². The van der Waals surface area contributed by atoms with Crippen LogP contribution in [0.2, 0.25) is 0 Å². The van der Waals surface area contributed by atoms with Crippen molar-refractivity contribution in [3.63, 3.8) is 0 Å². The number of aromatic nitrogens is 4. The lowest BCUT2D eigenvalue weighted by Gasteiger charge is -2.07. The van der Waals surface area contributed by atoms with Gasteiger partial charge >= 0.3 is 6.18 Å². The molecule has 19 heavy (non-hydrogen) atoms. The second-order valence-electron chi connectivity index (χ2n) is 3.67. The molecule has 0 aliphatic carbocycles. The van der Waals surface area contributed by atoms with E-state index < -0.39 is 17.4 Å². The number of rotatable bonds is 3. The Labute approximate surface area is 104 Å². The van der Waals surface area contributed by atoms with Crippen LogP contribution in [0, 0.1) is 0 Å². The Morgan fingerprint density at radius 3 is 2.68 bits per heavy atom. The molecule has 0 unspecified atom stereocenters. The predicted molar refractivity (Wildman–Crippen MR) is 56.3 cm³/mol. The van der Waals surface area contributed by atoms with Crippen LogP contribution >= 0.6 is 0 Å². The Balaban J connectivity index is 2.31. The minimum atomic E-state index is -4.61. The molecule has 0 saturated carbocycles. The Bertz CT molecular complexity index is 632. The molecule has 0 aliphatic rings. The van der Waals surface area contributed by atoms with Gasteiger partial charge in [-0.1, -0.05) is 12.1 Å². The summed E-state index contributed by atoms with van der Waals surface area (Å²) in [5.41, 5.74) is -1.83. The topological polar surface area (TPSA) is 73.8 Å². The smallest absolute Gasteiger partial charge is 0.337 e. The summed E-state index contributed by atoms with van der Waals surface area (Å²) in [6.07, 6.45) is -4.09. The summed E-state index contributed by atoms with van der Waals surface area (Å²) in [5.74, 6) is 0.445. The van der Waals surface area contributed by atoms with E-state index in [4.69, 9.17) is 4.52 Å². The summed E-state index contributed by atoms with van der Waals surface area (Å²) >= 11 is 0. The van der Waals surface area contributed by atoms with Crippen LogP contribution in [0.25, 0.3) is 0 Å². The molecule has 0 aliphatic heterocycles. The van der Waals surface area contributed by atoms with Gasteiger partial charge in [0.1, 0.15) is 6.54 Å². The molecule has 2 aromatic rings. The first-order valence-corrected chi connectivity index (χ1v) is 5.37. The molecule has 0 bridgehead atoms. The average molecular weight is 274 g/mol. The van der Waals surface area contributed by atoms with E-state index in [1.165, 1.54) is 0 Å². The van der Waals surface area contributed by atoms with Gasteiger partial charge in [0, 0.05) is 12.5 Å². The second kappa shape index (κ2) is 4.82. The van der Waals surface area contributed by atoms with Crippen molar-refractivity contribution >= 4 is 0 Å². The van der Waals surface area contributed by atoms with Crippen LogP contribution in [0.5, 0.6) is 0 Å². The number of hydrogen-bond acceptors (Lipinski definition) is 5. The molecule has 0 aromatic carbocycles. The molecular formula is C10H9F3N4O2. The quantitative estimate of drug-likeness (QED) is 0.842. The maximum atomic E-state index is 12.5. The van der Waals surface area contributed by atoms with E-state index in [1.807, 2.05) is 0 Å². The van der Waals surface area contributed by atoms with Crippen LogP contribution in [0.4, 0.5) is 13.2 Å². The molecule has 6 nitrogen and oxygen atoms in total. The van der Waals surface area contributed by atoms with Crippen molar-refractivity contribution in [1.82, 2.24) is 19.9 Å². The third-order valence-electron chi connectivity index (χ3n) is 2.27. The van der Waals surface area contributed by atoms with Crippen molar-refractivity contribution in [2.45, 2.75) is 26.1 Å². The van der Waals surface area contributed by atoms with Gasteiger partial charge in [0.25, 0.3) is 5.56 Å². The zero-order valence-electron chi connectivity index (χ0n) is 9.81. The summed E-state index contributed by atoms with van der Waals surface area (Å²) in [6.45, 7) is 1.50. The number of hydrogen-bond donors (Lipinski definition) is 0. The lowest BCUT2D eigenvalue weighted by Crippen LogP contribution is -2.26. The van der Waals surface area contributed by atoms with Gasteiger partial charge < -0.3 is 4.52 Å². The van der Waals surface area contributed by atoms with Gasteiger partial charge in [-0.2, -0.15) is 23.3 Å². The summed E-state index contributed by atoms with van der Waals surface area (Å²) in [6, 6.07) is 1.43. The predicted octanol–water partition coefficient (Wildman–Crippen LogP) is 1.26. The van der Waals surface area contributed by atoms with Crippen molar-refractivity contribution in [3.05, 3.63) is 39.9 Å². The van der Waals surface area contributed by atoms with E-state index in [2.05, 4.69) is 15.2 Å². The fourth-order valence-corrected chi connectivity index (χ4v) is 1.34. The zero-order valence-corrected chi connectivity index (χ0v) is 9.81. The number of alkyl halides is 3. The number of halogens is 3. The standard InChI is InChI=1S/C10H9F3N4O2/c1-2-7-14-8(19-16-7)5-17-9(18)4-3-6(15-17)10(11,12)13/h3-4H,2,5H2,1H3. The third-order valence-corrected chi connectivity index (χ3v) is 2.27. The highest BCUT2D eigenvalue weighted by atomic mass is 19.4. The largest absolute Gasteiger partial charge is 0.435 e. The lowest BCUT2D eigenvalue weighted by atomic mass is 10.4. The maximum absolute atomic E-state index is 12.5. The van der Waals surface area contributed by atoms with Gasteiger partial charge in [0.05, 0.1) is 0 Å². The lowest BCUT2D eigenvalue weighted by molar-refractivity contribution is -0.142. The van der Waals surface area contributed by atoms with Crippen LogP contribution in [-0.2, 0) is 19.1 Å². The Morgan fingerprint density at radius 2 is 2.11 bits per heavy atom. The van der Waals surface area contributed by atoms with E-state index in [9.17, 15) is 18.0 Å². The maximum Gasteiger partial charge on any atom is 0.435 e. The van der Waals surface area contributed by atoms with Crippen LogP contribution in [-0.4, -0.2) is 19.9 Å². The van der Waals surface area contributed by atoms with Gasteiger partial charge in [-0.25, -0.2) is 4.68 Å². The normalized spacial score (nSPS) is 11.8. The summed E-state index contributed by atoms with van der Waals surface area (Å²) in [5, 5.41) is 6.81. The van der Waals surface area contributed by atoms with E-state index in [-0.39, 0.29) is 12.4 Å². The fourth-order valence-electron chi connectivity index (χ4n) is 1.34. The van der Waals surface area contributed by atoms with Crippen LogP contribution in [0.1, 0.15) is 24.3 Å². The Kier molecular flexibility index (Phi) is 3.36. The molecule has 0 atom stereocenters. The van der Waals surface area contributed by atoms with Crippen LogP contribution in [0.15, 0.2) is 21.5 Å². The highest BCUT2D eigenvalue weighted by molar-refractivity contribution is 5.04. The van der Waals surface area contributed by atoms with Crippen molar-refractivity contribution in [3.8, 4) is 0 Å². The highest BCUT2D eigenvalue weighted by Crippen LogP contribution is 2.26. The third kappa shape index (κ3) is 2.98. The molecule has 2 rings (SSSR count). The number of nitrogens with zero attached hydrogens (tertiary/aromatic N) is 4. The molecule has 2 heterocycles. The van der Waals surface area contributed by atoms with Gasteiger partial charge in [-0.3, -0.25) is 4.79 Å². The van der Waals surface area contributed by atoms with E-state index in [0.717, 1.165) is 6.07 Å². The van der Waals surface area contributed by atoms with E-state index >= 15 is 0 Å². The molecular weight excluding hydrogens is 265 g/mol. The molecule has 0 amide bonds. The molecule has 0 fully saturated rings. The molecule has 102 valence electrons. The van der Waals surface area contributed by atoms with Gasteiger partial charge in [0.15, 0.2) is 11.5 Å². The van der Waals surface area contributed by atoms with Crippen LogP contribution < -0.4 is 5.56 Å². The molecule has 9 heteroatoms. The zero-order chi connectivity index (χ0) is 14.0. The second-order valence-corrected chi connectivity index (χ2v) is 3.67. The summed E-state index contributed by atoms with van der Waals surface area (Å²) in [7, 11) is 0. The van der Waals surface area contributed by atoms with Crippen molar-refractivity contribution < 1.29 is 17.7 Å². The molecule has 0 radical (unpaired) electrons. The first-order chi connectivity index (χ1) is 8.90. The molecule has 2 aromatic heterocycles. The number of aryl methyl sites for hydroxylation is 1. The summed E-state index contributed by atoms with van der Waals surface area (Å²) in [4.78, 5) is 15.3. The van der Waals surface area contributed by atoms with E-state index in [1.54, 1.807) is 6.92 Å². The van der Waals surface area contributed by atoms with E-state index in [0.29, 0.717) is 23.0 Å². The molecule has 0 spiro atoms.